The standard InChI is InChI=1S/C23H23N5O5S/c1-15-13-21(25-16(2)24-15)27-34(31,32)18-9-7-17(8-10-18)26-22(29)14-28-19-5-3-4-6-20(19)33-12-11-23(28)30/h3-10,13H,11-12,14H2,1-2H3,(H,26,29)(H,24,25,27). The molecule has 34 heavy (non-hydrogen) atoms. The largest absolute Gasteiger partial charge is 0.491 e. The average molecular weight is 482 g/mol. The maximum absolute atomic E-state index is 12.7. The summed E-state index contributed by atoms with van der Waals surface area (Å²) in [6.07, 6.45) is 0.160. The zero-order valence-corrected chi connectivity index (χ0v) is 19.4. The van der Waals surface area contributed by atoms with Crippen molar-refractivity contribution in [2.75, 3.05) is 28.1 Å². The molecule has 11 heteroatoms. The Hall–Kier alpha value is -3.99. The molecule has 0 saturated carbocycles. The molecule has 176 valence electrons. The van der Waals surface area contributed by atoms with Crippen LogP contribution in [-0.2, 0) is 19.6 Å². The van der Waals surface area contributed by atoms with Crippen LogP contribution in [0, 0.1) is 13.8 Å². The van der Waals surface area contributed by atoms with Gasteiger partial charge in [0.15, 0.2) is 0 Å². The highest BCUT2D eigenvalue weighted by Gasteiger charge is 2.25. The number of nitrogens with zero attached hydrogens (tertiary/aromatic N) is 3. The minimum Gasteiger partial charge on any atom is -0.491 e. The van der Waals surface area contributed by atoms with E-state index >= 15 is 0 Å². The molecule has 1 aliphatic rings. The molecule has 0 aliphatic carbocycles. The van der Waals surface area contributed by atoms with Gasteiger partial charge in [-0.3, -0.25) is 19.2 Å². The minimum absolute atomic E-state index is 0.00758. The number of nitrogens with one attached hydrogen (secondary N) is 2. The number of carbonyl (C=O) groups is 2. The molecule has 0 radical (unpaired) electrons. The van der Waals surface area contributed by atoms with Gasteiger partial charge >= 0.3 is 0 Å². The lowest BCUT2D eigenvalue weighted by Crippen LogP contribution is -2.37. The predicted octanol–water partition coefficient (Wildman–Crippen LogP) is 2.65. The molecule has 1 aromatic heterocycles. The number of anilines is 3. The van der Waals surface area contributed by atoms with Crippen LogP contribution in [0.4, 0.5) is 17.2 Å². The van der Waals surface area contributed by atoms with Crippen LogP contribution in [0.3, 0.4) is 0 Å². The molecule has 2 amide bonds. The third kappa shape index (κ3) is 5.31. The van der Waals surface area contributed by atoms with E-state index in [4.69, 9.17) is 4.74 Å². The maximum atomic E-state index is 12.7. The van der Waals surface area contributed by atoms with Crippen LogP contribution in [-0.4, -0.2) is 43.4 Å². The smallest absolute Gasteiger partial charge is 0.263 e. The second-order valence-corrected chi connectivity index (χ2v) is 9.35. The molecule has 3 aromatic rings. The van der Waals surface area contributed by atoms with Crippen molar-refractivity contribution in [1.29, 1.82) is 0 Å². The third-order valence-electron chi connectivity index (χ3n) is 4.99. The Labute approximate surface area is 197 Å². The van der Waals surface area contributed by atoms with E-state index in [9.17, 15) is 18.0 Å². The lowest BCUT2D eigenvalue weighted by atomic mass is 10.2. The Bertz CT molecular complexity index is 1320. The highest BCUT2D eigenvalue weighted by molar-refractivity contribution is 7.92. The molecule has 10 nitrogen and oxygen atoms in total. The monoisotopic (exact) mass is 481 g/mol. The first kappa shape index (κ1) is 23.2. The summed E-state index contributed by atoms with van der Waals surface area (Å²) >= 11 is 0. The average Bonchev–Trinajstić information content (AvgIpc) is 2.92. The first-order valence-electron chi connectivity index (χ1n) is 10.5. The number of aromatic nitrogens is 2. The van der Waals surface area contributed by atoms with Gasteiger partial charge in [0.1, 0.15) is 23.9 Å². The normalized spacial score (nSPS) is 13.5. The van der Waals surface area contributed by atoms with E-state index < -0.39 is 15.9 Å². The van der Waals surface area contributed by atoms with Crippen molar-refractivity contribution in [3.05, 3.63) is 66.1 Å². The van der Waals surface area contributed by atoms with Crippen LogP contribution < -0.4 is 19.7 Å². The fraction of sp³-hybridized carbons (Fsp3) is 0.217. The van der Waals surface area contributed by atoms with Gasteiger partial charge in [-0.1, -0.05) is 12.1 Å². The van der Waals surface area contributed by atoms with E-state index in [1.807, 2.05) is 0 Å². The van der Waals surface area contributed by atoms with Crippen LogP contribution in [0.1, 0.15) is 17.9 Å². The molecule has 0 fully saturated rings. The van der Waals surface area contributed by atoms with E-state index in [2.05, 4.69) is 20.0 Å². The first-order valence-corrected chi connectivity index (χ1v) is 12.0. The number of hydrogen-bond acceptors (Lipinski definition) is 7. The first-order chi connectivity index (χ1) is 16.2. The molecule has 0 saturated heterocycles. The lowest BCUT2D eigenvalue weighted by Gasteiger charge is -2.21. The van der Waals surface area contributed by atoms with Crippen LogP contribution in [0.25, 0.3) is 0 Å². The molecule has 0 unspecified atom stereocenters. The summed E-state index contributed by atoms with van der Waals surface area (Å²) in [4.78, 5) is 34.7. The van der Waals surface area contributed by atoms with Gasteiger partial charge in [0.25, 0.3) is 10.0 Å². The number of carbonyl (C=O) groups excluding carboxylic acids is 2. The number of fused-ring (bicyclic) bond motifs is 1. The summed E-state index contributed by atoms with van der Waals surface area (Å²) in [7, 11) is -3.88. The van der Waals surface area contributed by atoms with E-state index in [-0.39, 0.29) is 36.2 Å². The minimum atomic E-state index is -3.88. The molecular formula is C23H23N5O5S. The molecule has 0 atom stereocenters. The molecule has 0 spiro atoms. The number of hydrogen-bond donors (Lipinski definition) is 2. The summed E-state index contributed by atoms with van der Waals surface area (Å²) in [5.41, 5.74) is 1.56. The molecule has 2 aromatic carbocycles. The summed E-state index contributed by atoms with van der Waals surface area (Å²) in [6, 6.07) is 14.3. The van der Waals surface area contributed by atoms with Crippen molar-refractivity contribution in [3.63, 3.8) is 0 Å². The van der Waals surface area contributed by atoms with Gasteiger partial charge in [-0.05, 0) is 50.2 Å². The Morgan fingerprint density at radius 2 is 1.82 bits per heavy atom. The van der Waals surface area contributed by atoms with Crippen LogP contribution in [0.5, 0.6) is 5.75 Å². The van der Waals surface area contributed by atoms with Crippen molar-refractivity contribution >= 4 is 39.0 Å². The van der Waals surface area contributed by atoms with Crippen molar-refractivity contribution in [1.82, 2.24) is 9.97 Å². The van der Waals surface area contributed by atoms with E-state index in [1.165, 1.54) is 35.2 Å². The van der Waals surface area contributed by atoms with Gasteiger partial charge in [0, 0.05) is 17.4 Å². The Morgan fingerprint density at radius 1 is 1.09 bits per heavy atom. The van der Waals surface area contributed by atoms with Crippen LogP contribution in [0.2, 0.25) is 0 Å². The Kier molecular flexibility index (Phi) is 6.46. The highest BCUT2D eigenvalue weighted by Crippen LogP contribution is 2.30. The number of amides is 2. The van der Waals surface area contributed by atoms with Gasteiger partial charge in [-0.15, -0.1) is 0 Å². The summed E-state index contributed by atoms with van der Waals surface area (Å²) in [6.45, 7) is 3.46. The van der Waals surface area contributed by atoms with Crippen LogP contribution >= 0.6 is 0 Å². The Morgan fingerprint density at radius 3 is 2.56 bits per heavy atom. The summed E-state index contributed by atoms with van der Waals surface area (Å²) < 4.78 is 33.4. The zero-order chi connectivity index (χ0) is 24.3. The molecule has 2 N–H and O–H groups in total. The van der Waals surface area contributed by atoms with Crippen molar-refractivity contribution < 1.29 is 22.7 Å². The summed E-state index contributed by atoms with van der Waals surface area (Å²) in [5.74, 6) is 0.521. The Balaban J connectivity index is 1.44. The topological polar surface area (TPSA) is 131 Å². The quantitative estimate of drug-likeness (QED) is 0.553. The van der Waals surface area contributed by atoms with Crippen LogP contribution in [0.15, 0.2) is 59.5 Å². The highest BCUT2D eigenvalue weighted by atomic mass is 32.2. The third-order valence-corrected chi connectivity index (χ3v) is 6.36. The van der Waals surface area contributed by atoms with E-state index in [0.29, 0.717) is 28.6 Å². The molecule has 2 heterocycles. The van der Waals surface area contributed by atoms with Crippen molar-refractivity contribution in [3.8, 4) is 5.75 Å². The maximum Gasteiger partial charge on any atom is 0.263 e. The second-order valence-electron chi connectivity index (χ2n) is 7.67. The van der Waals surface area contributed by atoms with Gasteiger partial charge in [0.2, 0.25) is 11.8 Å². The van der Waals surface area contributed by atoms with Gasteiger partial charge < -0.3 is 10.1 Å². The molecule has 4 rings (SSSR count). The second kappa shape index (κ2) is 9.48. The van der Waals surface area contributed by atoms with E-state index in [1.54, 1.807) is 38.1 Å². The fourth-order valence-corrected chi connectivity index (χ4v) is 4.51. The van der Waals surface area contributed by atoms with Gasteiger partial charge in [0.05, 0.1) is 23.6 Å². The predicted molar refractivity (Wildman–Crippen MR) is 126 cm³/mol. The van der Waals surface area contributed by atoms with Gasteiger partial charge in [-0.2, -0.15) is 0 Å². The number of ether oxygens (including phenoxy) is 1. The number of aryl methyl sites for hydroxylation is 2. The van der Waals surface area contributed by atoms with Gasteiger partial charge in [-0.25, -0.2) is 18.4 Å². The number of para-hydroxylation sites is 2. The van der Waals surface area contributed by atoms with E-state index in [0.717, 1.165) is 0 Å². The molecular weight excluding hydrogens is 458 g/mol. The van der Waals surface area contributed by atoms with Crippen molar-refractivity contribution in [2.24, 2.45) is 0 Å². The molecule has 1 aliphatic heterocycles. The number of benzene rings is 2. The van der Waals surface area contributed by atoms with Crippen molar-refractivity contribution in [2.45, 2.75) is 25.2 Å². The number of sulfonamides is 1. The molecule has 0 bridgehead atoms. The fourth-order valence-electron chi connectivity index (χ4n) is 3.52. The lowest BCUT2D eigenvalue weighted by molar-refractivity contribution is -0.121. The number of rotatable bonds is 6. The summed E-state index contributed by atoms with van der Waals surface area (Å²) in [5, 5.41) is 2.69. The SMILES string of the molecule is Cc1cc(NS(=O)(=O)c2ccc(NC(=O)CN3C(=O)CCOc4ccccc43)cc2)nc(C)n1. The zero-order valence-electron chi connectivity index (χ0n) is 18.6.